The highest BCUT2D eigenvalue weighted by molar-refractivity contribution is 5.87. The van der Waals surface area contributed by atoms with Crippen LogP contribution in [0.3, 0.4) is 0 Å². The van der Waals surface area contributed by atoms with Gasteiger partial charge in [-0.25, -0.2) is 18.0 Å². The van der Waals surface area contributed by atoms with E-state index in [-0.39, 0.29) is 60.2 Å². The SMILES string of the molecule is C=CC(=O)N1CC[C@H](Oc2cc(O[C@@H](C)[C@@H]3C[C@@H](F)CN3C(=O)OC(C)(C)C)nc(-c3noc(C(C)(C)c4c(F)cccc4F)n3)n2)C[C@H]1CC#N. The number of carbonyl (C=O) groups is 2. The first-order valence-corrected chi connectivity index (χ1v) is 17.0. The lowest BCUT2D eigenvalue weighted by atomic mass is 9.83. The molecule has 0 saturated carbocycles. The monoisotopic (exact) mass is 725 g/mol. The van der Waals surface area contributed by atoms with E-state index in [1.54, 1.807) is 32.6 Å². The Morgan fingerprint density at radius 2 is 1.79 bits per heavy atom. The van der Waals surface area contributed by atoms with Crippen molar-refractivity contribution in [2.75, 3.05) is 13.1 Å². The first-order chi connectivity index (χ1) is 24.5. The maximum Gasteiger partial charge on any atom is 0.410 e. The van der Waals surface area contributed by atoms with Gasteiger partial charge in [-0.05, 0) is 59.8 Å². The Hall–Kier alpha value is -5.20. The van der Waals surface area contributed by atoms with Gasteiger partial charge in [-0.1, -0.05) is 17.8 Å². The number of nitrogens with zero attached hydrogens (tertiary/aromatic N) is 7. The molecule has 5 atom stereocenters. The molecule has 0 aliphatic carbocycles. The zero-order valence-electron chi connectivity index (χ0n) is 29.9. The number of hydrogen-bond donors (Lipinski definition) is 0. The number of likely N-dealkylation sites (tertiary alicyclic amines) is 2. The molecule has 2 fully saturated rings. The van der Waals surface area contributed by atoms with E-state index in [0.29, 0.717) is 19.4 Å². The van der Waals surface area contributed by atoms with Crippen LogP contribution in [0.2, 0.25) is 0 Å². The van der Waals surface area contributed by atoms with Gasteiger partial charge >= 0.3 is 6.09 Å². The Morgan fingerprint density at radius 1 is 1.10 bits per heavy atom. The molecule has 0 bridgehead atoms. The Bertz CT molecular complexity index is 1820. The van der Waals surface area contributed by atoms with Gasteiger partial charge in [0.05, 0.1) is 36.6 Å². The van der Waals surface area contributed by atoms with Crippen LogP contribution in [0.1, 0.15) is 78.7 Å². The largest absolute Gasteiger partial charge is 0.474 e. The minimum atomic E-state index is -1.40. The number of piperidine rings is 1. The van der Waals surface area contributed by atoms with E-state index in [1.165, 1.54) is 37.0 Å². The summed E-state index contributed by atoms with van der Waals surface area (Å²) >= 11 is 0. The number of alkyl halides is 1. The van der Waals surface area contributed by atoms with Crippen molar-refractivity contribution in [1.82, 2.24) is 29.9 Å². The molecule has 2 aromatic heterocycles. The average Bonchev–Trinajstić information content (AvgIpc) is 3.72. The molecule has 5 rings (SSSR count). The fourth-order valence-corrected chi connectivity index (χ4v) is 6.45. The number of aromatic nitrogens is 4. The Morgan fingerprint density at radius 3 is 2.44 bits per heavy atom. The van der Waals surface area contributed by atoms with Crippen LogP contribution in [0.15, 0.2) is 41.4 Å². The highest BCUT2D eigenvalue weighted by Gasteiger charge is 2.42. The quantitative estimate of drug-likeness (QED) is 0.223. The summed E-state index contributed by atoms with van der Waals surface area (Å²) in [4.78, 5) is 41.6. The molecule has 2 aliphatic rings. The zero-order valence-corrected chi connectivity index (χ0v) is 29.9. The molecular formula is C36H42F3N7O6. The van der Waals surface area contributed by atoms with Crippen molar-refractivity contribution >= 4 is 12.0 Å². The van der Waals surface area contributed by atoms with Gasteiger partial charge in [0.25, 0.3) is 0 Å². The first-order valence-electron chi connectivity index (χ1n) is 17.0. The molecular weight excluding hydrogens is 683 g/mol. The van der Waals surface area contributed by atoms with E-state index in [2.05, 4.69) is 32.8 Å². The van der Waals surface area contributed by atoms with Crippen LogP contribution < -0.4 is 9.47 Å². The van der Waals surface area contributed by atoms with Crippen LogP contribution in [0.4, 0.5) is 18.0 Å². The third-order valence-electron chi connectivity index (χ3n) is 8.94. The Kier molecular flexibility index (Phi) is 11.1. The second-order valence-corrected chi connectivity index (χ2v) is 14.4. The molecule has 0 spiro atoms. The van der Waals surface area contributed by atoms with Crippen LogP contribution in [0, 0.1) is 23.0 Å². The molecule has 278 valence electrons. The van der Waals surface area contributed by atoms with Crippen LogP contribution in [0.25, 0.3) is 11.6 Å². The highest BCUT2D eigenvalue weighted by Crippen LogP contribution is 2.36. The summed E-state index contributed by atoms with van der Waals surface area (Å²) < 4.78 is 67.8. The summed E-state index contributed by atoms with van der Waals surface area (Å²) in [6, 6.07) is 5.90. The number of ether oxygens (including phenoxy) is 3. The lowest BCUT2D eigenvalue weighted by Crippen LogP contribution is -2.48. The lowest BCUT2D eigenvalue weighted by Gasteiger charge is -2.37. The van der Waals surface area contributed by atoms with Crippen LogP contribution in [-0.2, 0) is 14.9 Å². The van der Waals surface area contributed by atoms with Crippen molar-refractivity contribution < 1.29 is 41.5 Å². The second-order valence-electron chi connectivity index (χ2n) is 14.4. The van der Waals surface area contributed by atoms with Gasteiger partial charge in [-0.2, -0.15) is 20.2 Å². The van der Waals surface area contributed by atoms with E-state index in [4.69, 9.17) is 18.7 Å². The van der Waals surface area contributed by atoms with Crippen molar-refractivity contribution in [3.63, 3.8) is 0 Å². The minimum absolute atomic E-state index is 0.000118. The summed E-state index contributed by atoms with van der Waals surface area (Å²) in [6.45, 7) is 13.6. The van der Waals surface area contributed by atoms with Gasteiger partial charge in [0.15, 0.2) is 0 Å². The van der Waals surface area contributed by atoms with Crippen LogP contribution >= 0.6 is 0 Å². The molecule has 16 heteroatoms. The Labute approximate surface area is 299 Å². The third kappa shape index (κ3) is 8.46. The minimum Gasteiger partial charge on any atom is -0.474 e. The molecule has 52 heavy (non-hydrogen) atoms. The van der Waals surface area contributed by atoms with Crippen molar-refractivity contribution in [2.45, 2.75) is 109 Å². The smallest absolute Gasteiger partial charge is 0.410 e. The zero-order chi connectivity index (χ0) is 38.0. The summed E-state index contributed by atoms with van der Waals surface area (Å²) in [7, 11) is 0. The molecule has 4 heterocycles. The number of rotatable bonds is 10. The van der Waals surface area contributed by atoms with Gasteiger partial charge < -0.3 is 23.6 Å². The number of nitriles is 1. The van der Waals surface area contributed by atoms with Gasteiger partial charge in [0.2, 0.25) is 35.2 Å². The predicted octanol–water partition coefficient (Wildman–Crippen LogP) is 6.08. The van der Waals surface area contributed by atoms with Gasteiger partial charge in [0.1, 0.15) is 35.6 Å². The number of carbonyl (C=O) groups excluding carboxylic acids is 2. The maximum absolute atomic E-state index is 14.8. The molecule has 1 aromatic carbocycles. The third-order valence-corrected chi connectivity index (χ3v) is 8.94. The molecule has 13 nitrogen and oxygen atoms in total. The standard InChI is InChI=1S/C36H42F3N7O6/c1-8-29(47)45-15-13-23(17-22(45)12-14-40)50-28-18-27(49-20(2)26-16-21(37)19-46(26)34(48)51-35(3,4)5)41-31(42-28)32-43-33(52-44-32)36(6,7)30-24(38)10-9-11-25(30)39/h8-11,18,20-23,26H,1,12-13,15-17,19H2,2-7H3/t20-,21+,22+,23-,26-/m0/s1. The predicted molar refractivity (Wildman–Crippen MR) is 180 cm³/mol. The number of benzene rings is 1. The Balaban J connectivity index is 1.47. The summed E-state index contributed by atoms with van der Waals surface area (Å²) in [5, 5.41) is 13.4. The summed E-state index contributed by atoms with van der Waals surface area (Å²) in [5.74, 6) is -2.26. The maximum atomic E-state index is 14.8. The first kappa shape index (κ1) is 38.0. The number of halogens is 3. The van der Waals surface area contributed by atoms with Crippen molar-refractivity contribution in [3.05, 3.63) is 60.0 Å². The number of amides is 2. The van der Waals surface area contributed by atoms with E-state index in [1.807, 2.05) is 0 Å². The second kappa shape index (κ2) is 15.2. The summed E-state index contributed by atoms with van der Waals surface area (Å²) in [6.07, 6.45) is -1.24. The van der Waals surface area contributed by atoms with Gasteiger partial charge in [-0.3, -0.25) is 9.69 Å². The van der Waals surface area contributed by atoms with Gasteiger partial charge in [0, 0.05) is 37.4 Å². The average molecular weight is 726 g/mol. The van der Waals surface area contributed by atoms with E-state index in [9.17, 15) is 28.0 Å². The molecule has 2 aliphatic heterocycles. The van der Waals surface area contributed by atoms with E-state index in [0.717, 1.165) is 12.1 Å². The van der Waals surface area contributed by atoms with E-state index < -0.39 is 59.2 Å². The van der Waals surface area contributed by atoms with Crippen molar-refractivity contribution in [3.8, 4) is 29.5 Å². The van der Waals surface area contributed by atoms with Crippen LogP contribution in [-0.4, -0.2) is 91.1 Å². The van der Waals surface area contributed by atoms with Crippen molar-refractivity contribution in [2.24, 2.45) is 0 Å². The number of hydrogen-bond acceptors (Lipinski definition) is 11. The van der Waals surface area contributed by atoms with Gasteiger partial charge in [-0.15, -0.1) is 0 Å². The van der Waals surface area contributed by atoms with Crippen LogP contribution in [0.5, 0.6) is 11.8 Å². The topological polar surface area (TPSA) is 157 Å². The van der Waals surface area contributed by atoms with E-state index >= 15 is 0 Å². The van der Waals surface area contributed by atoms with Crippen molar-refractivity contribution in [1.29, 1.82) is 5.26 Å². The lowest BCUT2D eigenvalue weighted by molar-refractivity contribution is -0.130. The highest BCUT2D eigenvalue weighted by atomic mass is 19.1. The molecule has 2 amide bonds. The molecule has 0 unspecified atom stereocenters. The summed E-state index contributed by atoms with van der Waals surface area (Å²) in [5.41, 5.74) is -2.47. The molecule has 0 radical (unpaired) electrons. The fraction of sp³-hybridized carbons (Fsp3) is 0.528. The molecule has 3 aromatic rings. The molecule has 0 N–H and O–H groups in total. The molecule has 2 saturated heterocycles. The normalized spacial score (nSPS) is 21.3. The fourth-order valence-electron chi connectivity index (χ4n) is 6.45.